The van der Waals surface area contributed by atoms with E-state index in [1.165, 1.54) is 0 Å². The van der Waals surface area contributed by atoms with Gasteiger partial charge >= 0.3 is 6.09 Å². The topological polar surface area (TPSA) is 37.3 Å². The van der Waals surface area contributed by atoms with Gasteiger partial charge in [0.15, 0.2) is 0 Å². The van der Waals surface area contributed by atoms with Crippen LogP contribution in [0.25, 0.3) is 0 Å². The van der Waals surface area contributed by atoms with Gasteiger partial charge in [0.2, 0.25) is 0 Å². The number of amides is 1. The molecule has 0 heterocycles. The fraction of sp³-hybridized carbons (Fsp3) is 0.833. The first-order chi connectivity index (χ1) is 4.06. The molecule has 0 unspecified atom stereocenters. The molecular formula is C6H14NO2+. The van der Waals surface area contributed by atoms with Crippen LogP contribution in [0.1, 0.15) is 13.8 Å². The summed E-state index contributed by atoms with van der Waals surface area (Å²) in [7, 11) is 1.71. The van der Waals surface area contributed by atoms with Crippen molar-refractivity contribution in [2.45, 2.75) is 13.8 Å². The fourth-order valence-corrected chi connectivity index (χ4v) is 0.494. The van der Waals surface area contributed by atoms with Gasteiger partial charge in [-0.2, -0.15) is 4.79 Å². The summed E-state index contributed by atoms with van der Waals surface area (Å²) in [5, 5.41) is 8.60. The van der Waals surface area contributed by atoms with Crippen LogP contribution in [0.5, 0.6) is 0 Å². The first kappa shape index (κ1) is 8.43. The van der Waals surface area contributed by atoms with Gasteiger partial charge in [-0.3, -0.25) is 0 Å². The van der Waals surface area contributed by atoms with Crippen molar-refractivity contribution in [3.63, 3.8) is 0 Å². The number of carbonyl (C=O) groups is 1. The highest BCUT2D eigenvalue weighted by Crippen LogP contribution is 2.00. The highest BCUT2D eigenvalue weighted by molar-refractivity contribution is 5.56. The van der Waals surface area contributed by atoms with Gasteiger partial charge in [-0.15, -0.1) is 0 Å². The van der Waals surface area contributed by atoms with Crippen LogP contribution in [0.3, 0.4) is 0 Å². The molecule has 0 aliphatic heterocycles. The number of hydrogen-bond donors (Lipinski definition) is 1. The van der Waals surface area contributed by atoms with E-state index < -0.39 is 6.09 Å². The van der Waals surface area contributed by atoms with E-state index >= 15 is 0 Å². The van der Waals surface area contributed by atoms with E-state index in [2.05, 4.69) is 0 Å². The lowest BCUT2D eigenvalue weighted by atomic mass is 10.4. The van der Waals surface area contributed by atoms with E-state index in [0.717, 1.165) is 0 Å². The number of carboxylic acid groups (broad SMARTS) is 1. The molecule has 0 saturated heterocycles. The summed E-state index contributed by atoms with van der Waals surface area (Å²) in [5.74, 6) is 0. The van der Waals surface area contributed by atoms with Crippen molar-refractivity contribution in [2.24, 2.45) is 0 Å². The van der Waals surface area contributed by atoms with Crippen molar-refractivity contribution in [2.75, 3.05) is 20.1 Å². The maximum atomic E-state index is 10.5. The molecule has 3 nitrogen and oxygen atoms in total. The third kappa shape index (κ3) is 1.68. The monoisotopic (exact) mass is 132 g/mol. The minimum absolute atomic E-state index is 0.111. The maximum absolute atomic E-state index is 10.5. The van der Waals surface area contributed by atoms with Gasteiger partial charge in [0, 0.05) is 0 Å². The quantitative estimate of drug-likeness (QED) is 0.572. The fourth-order valence-electron chi connectivity index (χ4n) is 0.494. The maximum Gasteiger partial charge on any atom is 0.513 e. The Morgan fingerprint density at radius 2 is 1.78 bits per heavy atom. The van der Waals surface area contributed by atoms with Crippen molar-refractivity contribution in [3.05, 3.63) is 0 Å². The molecule has 0 aliphatic rings. The molecular weight excluding hydrogens is 118 g/mol. The average Bonchev–Trinajstić information content (AvgIpc) is 1.86. The molecule has 0 aromatic rings. The molecule has 3 heteroatoms. The highest BCUT2D eigenvalue weighted by atomic mass is 16.4. The van der Waals surface area contributed by atoms with Crippen LogP contribution in [0.4, 0.5) is 4.79 Å². The van der Waals surface area contributed by atoms with E-state index in [4.69, 9.17) is 5.11 Å². The van der Waals surface area contributed by atoms with Gasteiger partial charge in [0.25, 0.3) is 0 Å². The molecule has 0 atom stereocenters. The molecule has 0 rings (SSSR count). The summed E-state index contributed by atoms with van der Waals surface area (Å²) >= 11 is 0. The van der Waals surface area contributed by atoms with Crippen LogP contribution in [0.15, 0.2) is 0 Å². The van der Waals surface area contributed by atoms with Gasteiger partial charge in [-0.1, -0.05) is 0 Å². The normalized spacial score (nSPS) is 11.4. The second-order valence-corrected chi connectivity index (χ2v) is 2.31. The summed E-state index contributed by atoms with van der Waals surface area (Å²) < 4.78 is 0.111. The van der Waals surface area contributed by atoms with Crippen LogP contribution < -0.4 is 0 Å². The third-order valence-corrected chi connectivity index (χ3v) is 1.86. The summed E-state index contributed by atoms with van der Waals surface area (Å²) in [6.45, 7) is 5.03. The Morgan fingerprint density at radius 3 is 1.78 bits per heavy atom. The van der Waals surface area contributed by atoms with Crippen molar-refractivity contribution in [1.29, 1.82) is 0 Å². The second-order valence-electron chi connectivity index (χ2n) is 2.31. The summed E-state index contributed by atoms with van der Waals surface area (Å²) in [5.41, 5.74) is 0. The van der Waals surface area contributed by atoms with Crippen molar-refractivity contribution < 1.29 is 14.4 Å². The molecule has 54 valence electrons. The predicted octanol–water partition coefficient (Wildman–Crippen LogP) is 1.15. The van der Waals surface area contributed by atoms with Crippen LogP contribution >= 0.6 is 0 Å². The SMILES string of the molecule is CC[N+](C)(CC)C(=O)O. The molecule has 0 aromatic carbocycles. The first-order valence-electron chi connectivity index (χ1n) is 3.15. The summed E-state index contributed by atoms with van der Waals surface area (Å²) in [6.07, 6.45) is -0.750. The molecule has 0 saturated carbocycles. The largest absolute Gasteiger partial charge is 0.513 e. The Labute approximate surface area is 55.5 Å². The van der Waals surface area contributed by atoms with Crippen molar-refractivity contribution in [1.82, 2.24) is 0 Å². The minimum Gasteiger partial charge on any atom is -0.435 e. The smallest absolute Gasteiger partial charge is 0.435 e. The third-order valence-electron chi connectivity index (χ3n) is 1.86. The molecule has 0 aromatic heterocycles. The van der Waals surface area contributed by atoms with E-state index in [-0.39, 0.29) is 4.48 Å². The lowest BCUT2D eigenvalue weighted by molar-refractivity contribution is -0.833. The molecule has 0 spiro atoms. The number of rotatable bonds is 2. The van der Waals surface area contributed by atoms with Crippen molar-refractivity contribution in [3.8, 4) is 0 Å². The number of hydrogen-bond acceptors (Lipinski definition) is 1. The zero-order valence-corrected chi connectivity index (χ0v) is 6.22. The van der Waals surface area contributed by atoms with E-state index in [1.54, 1.807) is 7.05 Å². The van der Waals surface area contributed by atoms with Crippen LogP contribution in [-0.2, 0) is 0 Å². The Bertz CT molecular complexity index is 108. The zero-order chi connectivity index (χ0) is 7.49. The molecule has 9 heavy (non-hydrogen) atoms. The first-order valence-corrected chi connectivity index (χ1v) is 3.15. The second kappa shape index (κ2) is 2.82. The van der Waals surface area contributed by atoms with Crippen molar-refractivity contribution >= 4 is 6.09 Å². The summed E-state index contributed by atoms with van der Waals surface area (Å²) in [6, 6.07) is 0. The van der Waals surface area contributed by atoms with E-state index in [9.17, 15) is 4.79 Å². The van der Waals surface area contributed by atoms with Crippen LogP contribution in [0, 0.1) is 0 Å². The lowest BCUT2D eigenvalue weighted by Gasteiger charge is -2.24. The molecule has 0 fully saturated rings. The Kier molecular flexibility index (Phi) is 2.65. The standard InChI is InChI=1S/C6H13NO2/c1-4-7(3,5-2)6(8)9/h4-5H2,1-3H3/p+1. The number of nitrogens with zero attached hydrogens (tertiary/aromatic N) is 1. The van der Waals surface area contributed by atoms with E-state index in [0.29, 0.717) is 13.1 Å². The van der Waals surface area contributed by atoms with Gasteiger partial charge in [0.1, 0.15) is 0 Å². The highest BCUT2D eigenvalue weighted by Gasteiger charge is 2.26. The molecule has 1 amide bonds. The Balaban J connectivity index is 4.09. The van der Waals surface area contributed by atoms with E-state index in [1.807, 2.05) is 13.8 Å². The Morgan fingerprint density at radius 1 is 1.44 bits per heavy atom. The Hall–Kier alpha value is -0.570. The predicted molar refractivity (Wildman–Crippen MR) is 35.3 cm³/mol. The molecule has 0 bridgehead atoms. The van der Waals surface area contributed by atoms with Gasteiger partial charge in [0.05, 0.1) is 20.1 Å². The molecule has 1 N–H and O–H groups in total. The molecule has 0 aliphatic carbocycles. The molecule has 0 radical (unpaired) electrons. The van der Waals surface area contributed by atoms with Crippen LogP contribution in [0.2, 0.25) is 0 Å². The number of quaternary nitrogens is 1. The van der Waals surface area contributed by atoms with Gasteiger partial charge < -0.3 is 5.11 Å². The van der Waals surface area contributed by atoms with Gasteiger partial charge in [-0.05, 0) is 13.8 Å². The average molecular weight is 132 g/mol. The lowest BCUT2D eigenvalue weighted by Crippen LogP contribution is -2.47. The van der Waals surface area contributed by atoms with Gasteiger partial charge in [-0.25, -0.2) is 4.48 Å². The minimum atomic E-state index is -0.750. The van der Waals surface area contributed by atoms with Crippen LogP contribution in [-0.4, -0.2) is 35.8 Å². The summed E-state index contributed by atoms with van der Waals surface area (Å²) in [4.78, 5) is 10.5. The zero-order valence-electron chi connectivity index (χ0n) is 6.22.